The summed E-state index contributed by atoms with van der Waals surface area (Å²) < 4.78 is 27.3. The second-order valence-corrected chi connectivity index (χ2v) is 6.74. The van der Waals surface area contributed by atoms with Crippen LogP contribution in [0.15, 0.2) is 42.5 Å². The van der Waals surface area contributed by atoms with E-state index < -0.39 is 23.2 Å². The van der Waals surface area contributed by atoms with Crippen LogP contribution in [-0.4, -0.2) is 12.5 Å². The summed E-state index contributed by atoms with van der Waals surface area (Å²) in [6.07, 6.45) is 2.13. The van der Waals surface area contributed by atoms with Gasteiger partial charge in [-0.25, -0.2) is 8.78 Å². The number of anilines is 1. The Balaban J connectivity index is 2.00. The molecule has 0 fully saturated rings. The Morgan fingerprint density at radius 1 is 1.04 bits per heavy atom. The minimum atomic E-state index is -0.787. The highest BCUT2D eigenvalue weighted by atomic mass is 19.1. The zero-order valence-corrected chi connectivity index (χ0v) is 15.5. The van der Waals surface area contributed by atoms with Gasteiger partial charge in [0.1, 0.15) is 17.3 Å². The summed E-state index contributed by atoms with van der Waals surface area (Å²) >= 11 is 0. The largest absolute Gasteiger partial charge is 0.320 e. The van der Waals surface area contributed by atoms with E-state index in [1.807, 2.05) is 0 Å². The number of para-hydroxylation sites is 1. The van der Waals surface area contributed by atoms with E-state index in [1.165, 1.54) is 11.6 Å². The van der Waals surface area contributed by atoms with Crippen LogP contribution in [0.2, 0.25) is 0 Å². The van der Waals surface area contributed by atoms with Crippen LogP contribution in [-0.2, 0) is 11.2 Å². The average Bonchev–Trinajstić information content (AvgIpc) is 2.60. The van der Waals surface area contributed by atoms with E-state index in [0.29, 0.717) is 0 Å². The van der Waals surface area contributed by atoms with Gasteiger partial charge in [0.05, 0.1) is 6.54 Å². The minimum absolute atomic E-state index is 0.0260. The summed E-state index contributed by atoms with van der Waals surface area (Å²) in [4.78, 5) is 12.1. The fourth-order valence-corrected chi connectivity index (χ4v) is 2.92. The van der Waals surface area contributed by atoms with E-state index in [-0.39, 0.29) is 18.5 Å². The summed E-state index contributed by atoms with van der Waals surface area (Å²) in [5.74, 6) is -1.80. The Kier molecular flexibility index (Phi) is 7.27. The van der Waals surface area contributed by atoms with Gasteiger partial charge in [-0.1, -0.05) is 57.5 Å². The van der Waals surface area contributed by atoms with Crippen molar-refractivity contribution in [3.05, 3.63) is 65.2 Å². The van der Waals surface area contributed by atoms with Crippen molar-refractivity contribution < 1.29 is 13.6 Å². The summed E-state index contributed by atoms with van der Waals surface area (Å²) in [6.45, 7) is 6.23. The topological polar surface area (TPSA) is 41.1 Å². The third-order valence-electron chi connectivity index (χ3n) is 4.25. The summed E-state index contributed by atoms with van der Waals surface area (Å²) in [5, 5.41) is 5.49. The molecule has 2 N–H and O–H groups in total. The van der Waals surface area contributed by atoms with Crippen molar-refractivity contribution in [2.24, 2.45) is 5.92 Å². The van der Waals surface area contributed by atoms with Crippen LogP contribution < -0.4 is 10.6 Å². The average molecular weight is 360 g/mol. The molecule has 1 atom stereocenters. The maximum atomic E-state index is 13.6. The first-order valence-corrected chi connectivity index (χ1v) is 8.98. The zero-order chi connectivity index (χ0) is 19.1. The number of benzene rings is 2. The van der Waals surface area contributed by atoms with E-state index in [4.69, 9.17) is 0 Å². The molecule has 0 aliphatic heterocycles. The highest BCUT2D eigenvalue weighted by Crippen LogP contribution is 2.22. The second kappa shape index (κ2) is 9.43. The van der Waals surface area contributed by atoms with Crippen LogP contribution in [0.25, 0.3) is 0 Å². The maximum absolute atomic E-state index is 13.6. The van der Waals surface area contributed by atoms with Crippen molar-refractivity contribution in [2.75, 3.05) is 11.9 Å². The van der Waals surface area contributed by atoms with Gasteiger partial charge >= 0.3 is 0 Å². The highest BCUT2D eigenvalue weighted by Gasteiger charge is 2.18. The lowest BCUT2D eigenvalue weighted by Crippen LogP contribution is -2.34. The Bertz CT molecular complexity index is 709. The maximum Gasteiger partial charge on any atom is 0.238 e. The molecule has 0 saturated heterocycles. The van der Waals surface area contributed by atoms with Crippen molar-refractivity contribution in [1.82, 2.24) is 5.32 Å². The summed E-state index contributed by atoms with van der Waals surface area (Å²) in [6, 6.07) is 11.8. The number of hydrogen-bond acceptors (Lipinski definition) is 2. The third kappa shape index (κ3) is 5.36. The van der Waals surface area contributed by atoms with E-state index >= 15 is 0 Å². The van der Waals surface area contributed by atoms with Crippen LogP contribution in [0.1, 0.15) is 44.4 Å². The molecular weight excluding hydrogens is 334 g/mol. The number of carbonyl (C=O) groups is 1. The fourth-order valence-electron chi connectivity index (χ4n) is 2.92. The molecule has 0 heterocycles. The number of halogens is 2. The molecule has 0 radical (unpaired) electrons. The molecule has 2 aromatic carbocycles. The molecule has 2 aromatic rings. The van der Waals surface area contributed by atoms with E-state index in [9.17, 15) is 13.6 Å². The van der Waals surface area contributed by atoms with E-state index in [0.717, 1.165) is 30.5 Å². The molecule has 140 valence electrons. The van der Waals surface area contributed by atoms with Crippen molar-refractivity contribution in [1.29, 1.82) is 0 Å². The van der Waals surface area contributed by atoms with Gasteiger partial charge in [0.2, 0.25) is 5.91 Å². The molecule has 0 aromatic heterocycles. The number of nitrogens with one attached hydrogen (secondary N) is 2. The Morgan fingerprint density at radius 3 is 2.19 bits per heavy atom. The van der Waals surface area contributed by atoms with Gasteiger partial charge in [0.25, 0.3) is 0 Å². The van der Waals surface area contributed by atoms with Crippen LogP contribution in [0, 0.1) is 17.6 Å². The van der Waals surface area contributed by atoms with Crippen LogP contribution in [0.4, 0.5) is 14.5 Å². The van der Waals surface area contributed by atoms with E-state index in [1.54, 1.807) is 0 Å². The number of carbonyl (C=O) groups excluding carboxylic acids is 1. The van der Waals surface area contributed by atoms with Gasteiger partial charge in [-0.3, -0.25) is 4.79 Å². The SMILES string of the molecule is CCCc1ccc([C@@H](NCC(=O)Nc2c(F)cccc2F)C(C)C)cc1. The predicted molar refractivity (Wildman–Crippen MR) is 101 cm³/mol. The molecule has 3 nitrogen and oxygen atoms in total. The van der Waals surface area contributed by atoms with Crippen LogP contribution in [0.5, 0.6) is 0 Å². The van der Waals surface area contributed by atoms with Crippen molar-refractivity contribution in [3.8, 4) is 0 Å². The third-order valence-corrected chi connectivity index (χ3v) is 4.25. The number of rotatable bonds is 8. The number of hydrogen-bond donors (Lipinski definition) is 2. The molecule has 5 heteroatoms. The van der Waals surface area contributed by atoms with Gasteiger partial charge in [0.15, 0.2) is 0 Å². The second-order valence-electron chi connectivity index (χ2n) is 6.74. The summed E-state index contributed by atoms with van der Waals surface area (Å²) in [7, 11) is 0. The molecule has 2 rings (SSSR count). The first kappa shape index (κ1) is 20.0. The molecule has 0 unspecified atom stereocenters. The lowest BCUT2D eigenvalue weighted by Gasteiger charge is -2.23. The molecule has 0 aliphatic carbocycles. The van der Waals surface area contributed by atoms with Gasteiger partial charge in [-0.15, -0.1) is 0 Å². The molecule has 0 aliphatic rings. The molecule has 26 heavy (non-hydrogen) atoms. The van der Waals surface area contributed by atoms with Crippen molar-refractivity contribution in [3.63, 3.8) is 0 Å². The Labute approximate surface area is 153 Å². The predicted octanol–water partition coefficient (Wildman–Crippen LogP) is 4.84. The van der Waals surface area contributed by atoms with Crippen molar-refractivity contribution in [2.45, 2.75) is 39.7 Å². The quantitative estimate of drug-likeness (QED) is 0.707. The zero-order valence-electron chi connectivity index (χ0n) is 15.5. The van der Waals surface area contributed by atoms with Crippen LogP contribution >= 0.6 is 0 Å². The lowest BCUT2D eigenvalue weighted by molar-refractivity contribution is -0.115. The first-order chi connectivity index (χ1) is 12.4. The fraction of sp³-hybridized carbons (Fsp3) is 0.381. The minimum Gasteiger partial charge on any atom is -0.320 e. The first-order valence-electron chi connectivity index (χ1n) is 8.98. The number of amides is 1. The monoisotopic (exact) mass is 360 g/mol. The molecular formula is C21H26F2N2O. The Hall–Kier alpha value is -2.27. The molecule has 0 spiro atoms. The van der Waals surface area contributed by atoms with E-state index in [2.05, 4.69) is 55.7 Å². The highest BCUT2D eigenvalue weighted by molar-refractivity contribution is 5.92. The standard InChI is InChI=1S/C21H26F2N2O/c1-4-6-15-9-11-16(12-10-15)20(14(2)3)24-13-19(26)25-21-17(22)7-5-8-18(21)23/h5,7-12,14,20,24H,4,6,13H2,1-3H3,(H,25,26)/t20-/m0/s1. The summed E-state index contributed by atoms with van der Waals surface area (Å²) in [5.41, 5.74) is 1.96. The lowest BCUT2D eigenvalue weighted by atomic mass is 9.94. The van der Waals surface area contributed by atoms with Gasteiger partial charge < -0.3 is 10.6 Å². The molecule has 0 bridgehead atoms. The Morgan fingerprint density at radius 2 is 1.65 bits per heavy atom. The normalized spacial score (nSPS) is 12.2. The molecule has 1 amide bonds. The van der Waals surface area contributed by atoms with Gasteiger partial charge in [0, 0.05) is 6.04 Å². The van der Waals surface area contributed by atoms with Gasteiger partial charge in [-0.05, 0) is 35.6 Å². The van der Waals surface area contributed by atoms with Gasteiger partial charge in [-0.2, -0.15) is 0 Å². The smallest absolute Gasteiger partial charge is 0.238 e. The number of aryl methyl sites for hydroxylation is 1. The van der Waals surface area contributed by atoms with Crippen LogP contribution in [0.3, 0.4) is 0 Å². The molecule has 0 saturated carbocycles. The van der Waals surface area contributed by atoms with Crippen molar-refractivity contribution >= 4 is 11.6 Å².